The minimum atomic E-state index is -4.65. The molecule has 4 N–H and O–H groups in total. The molecule has 0 aliphatic heterocycles. The van der Waals surface area contributed by atoms with Gasteiger partial charge in [-0.15, -0.1) is 0 Å². The maximum atomic E-state index is 12.7. The first kappa shape index (κ1) is 14.1. The molecule has 20 heavy (non-hydrogen) atoms. The zero-order valence-corrected chi connectivity index (χ0v) is 10.2. The van der Waals surface area contributed by atoms with Crippen molar-refractivity contribution in [1.82, 2.24) is 9.78 Å². The van der Waals surface area contributed by atoms with Crippen molar-refractivity contribution >= 4 is 5.91 Å². The third-order valence-corrected chi connectivity index (χ3v) is 2.64. The smallest absolute Gasteiger partial charge is 0.364 e. The van der Waals surface area contributed by atoms with E-state index in [2.05, 4.69) is 5.10 Å². The Balaban J connectivity index is 2.60. The number of carbonyl (C=O) groups excluding carboxylic acids is 1. The number of amides is 1. The molecule has 8 heteroatoms. The third kappa shape index (κ3) is 2.64. The van der Waals surface area contributed by atoms with E-state index in [1.807, 2.05) is 0 Å². The van der Waals surface area contributed by atoms with Crippen LogP contribution in [0.2, 0.25) is 0 Å². The van der Waals surface area contributed by atoms with Gasteiger partial charge in [0.15, 0.2) is 5.69 Å². The van der Waals surface area contributed by atoms with E-state index in [4.69, 9.17) is 11.5 Å². The number of hydrogen-bond acceptors (Lipinski definition) is 3. The van der Waals surface area contributed by atoms with Gasteiger partial charge in [-0.05, 0) is 17.7 Å². The molecule has 0 aliphatic carbocycles. The van der Waals surface area contributed by atoms with Crippen LogP contribution in [0.5, 0.6) is 0 Å². The molecule has 2 aromatic rings. The van der Waals surface area contributed by atoms with Gasteiger partial charge in [0, 0.05) is 12.6 Å². The number of hydrogen-bond donors (Lipinski definition) is 2. The minimum Gasteiger partial charge on any atom is -0.364 e. The Bertz CT molecular complexity index is 648. The second-order valence-corrected chi connectivity index (χ2v) is 4.06. The Morgan fingerprint density at radius 1 is 1.30 bits per heavy atom. The molecule has 0 radical (unpaired) electrons. The van der Waals surface area contributed by atoms with Crippen molar-refractivity contribution in [2.75, 3.05) is 0 Å². The summed E-state index contributed by atoms with van der Waals surface area (Å²) < 4.78 is 38.8. The molecule has 0 bridgehead atoms. The molecule has 0 spiro atoms. The van der Waals surface area contributed by atoms with Gasteiger partial charge in [-0.2, -0.15) is 18.3 Å². The Morgan fingerprint density at radius 2 is 2.00 bits per heavy atom. The summed E-state index contributed by atoms with van der Waals surface area (Å²) in [6.07, 6.45) is -4.65. The molecule has 1 aromatic heterocycles. The van der Waals surface area contributed by atoms with Crippen LogP contribution in [0.4, 0.5) is 13.2 Å². The van der Waals surface area contributed by atoms with Crippen molar-refractivity contribution in [3.63, 3.8) is 0 Å². The molecular weight excluding hydrogens is 273 g/mol. The van der Waals surface area contributed by atoms with Crippen molar-refractivity contribution in [3.8, 4) is 5.69 Å². The number of nitrogens with two attached hydrogens (primary N) is 2. The number of aromatic nitrogens is 2. The van der Waals surface area contributed by atoms with Crippen LogP contribution in [0.1, 0.15) is 21.7 Å². The highest BCUT2D eigenvalue weighted by Gasteiger charge is 2.35. The molecule has 2 rings (SSSR count). The average molecular weight is 284 g/mol. The monoisotopic (exact) mass is 284 g/mol. The van der Waals surface area contributed by atoms with E-state index in [0.717, 1.165) is 4.68 Å². The van der Waals surface area contributed by atoms with E-state index in [-0.39, 0.29) is 17.9 Å². The molecule has 0 saturated carbocycles. The van der Waals surface area contributed by atoms with E-state index in [0.29, 0.717) is 11.6 Å². The lowest BCUT2D eigenvalue weighted by Gasteiger charge is -2.06. The summed E-state index contributed by atoms with van der Waals surface area (Å²) in [6.45, 7) is 0.215. The van der Waals surface area contributed by atoms with Gasteiger partial charge >= 0.3 is 6.18 Å². The fraction of sp³-hybridized carbons (Fsp3) is 0.167. The number of halogens is 3. The fourth-order valence-electron chi connectivity index (χ4n) is 1.71. The molecule has 1 amide bonds. The molecule has 0 atom stereocenters. The van der Waals surface area contributed by atoms with E-state index in [1.165, 1.54) is 6.07 Å². The summed E-state index contributed by atoms with van der Waals surface area (Å²) in [5.41, 5.74) is 10.0. The highest BCUT2D eigenvalue weighted by Crippen LogP contribution is 2.29. The van der Waals surface area contributed by atoms with E-state index >= 15 is 0 Å². The molecule has 0 unspecified atom stereocenters. The topological polar surface area (TPSA) is 86.9 Å². The van der Waals surface area contributed by atoms with Crippen molar-refractivity contribution in [1.29, 1.82) is 0 Å². The lowest BCUT2D eigenvalue weighted by molar-refractivity contribution is -0.141. The zero-order valence-electron chi connectivity index (χ0n) is 10.2. The molecule has 0 aliphatic rings. The number of carbonyl (C=O) groups is 1. The Hall–Kier alpha value is -2.35. The van der Waals surface area contributed by atoms with E-state index < -0.39 is 17.8 Å². The van der Waals surface area contributed by atoms with Crippen LogP contribution >= 0.6 is 0 Å². The number of alkyl halides is 3. The number of rotatable bonds is 3. The fourth-order valence-corrected chi connectivity index (χ4v) is 1.71. The lowest BCUT2D eigenvalue weighted by Crippen LogP contribution is -2.16. The summed E-state index contributed by atoms with van der Waals surface area (Å²) in [5, 5.41) is 3.40. The minimum absolute atomic E-state index is 0.215. The first-order chi connectivity index (χ1) is 9.32. The third-order valence-electron chi connectivity index (χ3n) is 2.64. The highest BCUT2D eigenvalue weighted by molar-refractivity contribution is 5.91. The summed E-state index contributed by atoms with van der Waals surface area (Å²) in [5.74, 6) is -0.994. The van der Waals surface area contributed by atoms with Crippen molar-refractivity contribution in [3.05, 3.63) is 47.3 Å². The summed E-state index contributed by atoms with van der Waals surface area (Å²) in [4.78, 5) is 11.3. The second kappa shape index (κ2) is 4.97. The quantitative estimate of drug-likeness (QED) is 0.894. The first-order valence-corrected chi connectivity index (χ1v) is 5.59. The maximum absolute atomic E-state index is 12.7. The van der Waals surface area contributed by atoms with Gasteiger partial charge in [-0.3, -0.25) is 4.79 Å². The van der Waals surface area contributed by atoms with Crippen LogP contribution in [0.15, 0.2) is 30.3 Å². The van der Waals surface area contributed by atoms with Crippen LogP contribution in [-0.4, -0.2) is 15.7 Å². The average Bonchev–Trinajstić information content (AvgIpc) is 2.84. The molecular formula is C12H11F3N4O. The van der Waals surface area contributed by atoms with Gasteiger partial charge in [0.25, 0.3) is 5.91 Å². The van der Waals surface area contributed by atoms with Gasteiger partial charge < -0.3 is 11.5 Å². The Labute approximate surface area is 112 Å². The number of benzene rings is 1. The van der Waals surface area contributed by atoms with Crippen LogP contribution < -0.4 is 11.5 Å². The second-order valence-electron chi connectivity index (χ2n) is 4.06. The molecule has 0 saturated heterocycles. The number of nitrogens with zero attached hydrogens (tertiary/aromatic N) is 2. The van der Waals surface area contributed by atoms with Crippen molar-refractivity contribution in [2.45, 2.75) is 12.7 Å². The first-order valence-electron chi connectivity index (χ1n) is 5.59. The zero-order chi connectivity index (χ0) is 14.9. The molecule has 106 valence electrons. The van der Waals surface area contributed by atoms with Gasteiger partial charge in [0.05, 0.1) is 5.69 Å². The van der Waals surface area contributed by atoms with Crippen LogP contribution in [0.25, 0.3) is 5.69 Å². The van der Waals surface area contributed by atoms with E-state index in [9.17, 15) is 18.0 Å². The maximum Gasteiger partial charge on any atom is 0.435 e. The van der Waals surface area contributed by atoms with Crippen LogP contribution in [0.3, 0.4) is 0 Å². The van der Waals surface area contributed by atoms with Gasteiger partial charge in [-0.25, -0.2) is 4.68 Å². The molecule has 0 fully saturated rings. The number of primary amides is 1. The van der Waals surface area contributed by atoms with Crippen LogP contribution in [-0.2, 0) is 12.7 Å². The summed E-state index contributed by atoms with van der Waals surface area (Å²) in [6, 6.07) is 6.99. The molecule has 1 heterocycles. The molecule has 5 nitrogen and oxygen atoms in total. The van der Waals surface area contributed by atoms with Crippen molar-refractivity contribution < 1.29 is 18.0 Å². The summed E-state index contributed by atoms with van der Waals surface area (Å²) >= 11 is 0. The van der Waals surface area contributed by atoms with Crippen LogP contribution in [0, 0.1) is 0 Å². The molecule has 1 aromatic carbocycles. The lowest BCUT2D eigenvalue weighted by atomic mass is 10.2. The van der Waals surface area contributed by atoms with Gasteiger partial charge in [0.1, 0.15) is 5.69 Å². The normalized spacial score (nSPS) is 11.6. The Kier molecular flexibility index (Phi) is 3.49. The van der Waals surface area contributed by atoms with Gasteiger partial charge in [-0.1, -0.05) is 12.1 Å². The van der Waals surface area contributed by atoms with Crippen molar-refractivity contribution in [2.24, 2.45) is 11.5 Å². The standard InChI is InChI=1S/C12H11F3N4O/c13-12(14,15)10-5-9(11(17)20)19(18-10)8-3-1-2-7(4-8)6-16/h1-5H,6,16H2,(H2,17,20). The predicted molar refractivity (Wildman–Crippen MR) is 65.0 cm³/mol. The predicted octanol–water partition coefficient (Wildman–Crippen LogP) is 1.45. The largest absolute Gasteiger partial charge is 0.435 e. The Morgan fingerprint density at radius 3 is 2.55 bits per heavy atom. The van der Waals surface area contributed by atoms with Gasteiger partial charge in [0.2, 0.25) is 0 Å². The highest BCUT2D eigenvalue weighted by atomic mass is 19.4. The summed E-state index contributed by atoms with van der Waals surface area (Å²) in [7, 11) is 0. The van der Waals surface area contributed by atoms with E-state index in [1.54, 1.807) is 18.2 Å². The SMILES string of the molecule is NCc1cccc(-n2nc(C(F)(F)F)cc2C(N)=O)c1.